The van der Waals surface area contributed by atoms with Crippen molar-refractivity contribution in [1.82, 2.24) is 0 Å². The minimum absolute atomic E-state index is 0.115. The topological polar surface area (TPSA) is 20.2 Å². The molecule has 2 rings (SSSR count). The minimum atomic E-state index is -0.115. The normalized spacial score (nSPS) is 28.7. The Hall–Kier alpha value is -0.820. The molecule has 1 aromatic rings. The van der Waals surface area contributed by atoms with E-state index in [2.05, 4.69) is 24.3 Å². The molecule has 0 aliphatic heterocycles. The second-order valence-corrected chi connectivity index (χ2v) is 3.87. The van der Waals surface area contributed by atoms with Crippen LogP contribution in [0.4, 0.5) is 0 Å². The third-order valence-electron chi connectivity index (χ3n) is 2.96. The lowest BCUT2D eigenvalue weighted by Gasteiger charge is -2.27. The zero-order valence-corrected chi connectivity index (χ0v) is 7.82. The second-order valence-electron chi connectivity index (χ2n) is 3.87. The molecule has 2 atom stereocenters. The van der Waals surface area contributed by atoms with Crippen molar-refractivity contribution >= 4 is 0 Å². The van der Waals surface area contributed by atoms with E-state index in [1.165, 1.54) is 18.4 Å². The van der Waals surface area contributed by atoms with Gasteiger partial charge in [-0.15, -0.1) is 0 Å². The third kappa shape index (κ3) is 1.92. The molecule has 1 heteroatoms. The first kappa shape index (κ1) is 8.76. The maximum Gasteiger partial charge on any atom is 0.0608 e. The van der Waals surface area contributed by atoms with E-state index in [-0.39, 0.29) is 6.10 Å². The smallest absolute Gasteiger partial charge is 0.0608 e. The van der Waals surface area contributed by atoms with Crippen molar-refractivity contribution in [3.8, 4) is 0 Å². The van der Waals surface area contributed by atoms with Gasteiger partial charge in [-0.1, -0.05) is 43.2 Å². The van der Waals surface area contributed by atoms with Crippen LogP contribution in [0, 0.1) is 0 Å². The lowest BCUT2D eigenvalue weighted by atomic mass is 9.82. The first-order chi connectivity index (χ1) is 6.38. The minimum Gasteiger partial charge on any atom is -0.392 e. The fraction of sp³-hybridized carbons (Fsp3) is 0.500. The van der Waals surface area contributed by atoms with Crippen LogP contribution in [-0.2, 0) is 0 Å². The summed E-state index contributed by atoms with van der Waals surface area (Å²) in [5, 5.41) is 9.82. The Kier molecular flexibility index (Phi) is 2.65. The average Bonchev–Trinajstić information content (AvgIpc) is 2.20. The van der Waals surface area contributed by atoms with Gasteiger partial charge in [-0.05, 0) is 18.4 Å². The molecule has 1 N–H and O–H groups in total. The molecule has 1 saturated carbocycles. The number of hydrogen-bond acceptors (Lipinski definition) is 1. The Labute approximate surface area is 79.4 Å². The van der Waals surface area contributed by atoms with Crippen LogP contribution in [0.3, 0.4) is 0 Å². The van der Waals surface area contributed by atoms with E-state index >= 15 is 0 Å². The second kappa shape index (κ2) is 3.93. The van der Waals surface area contributed by atoms with E-state index in [0.29, 0.717) is 5.92 Å². The van der Waals surface area contributed by atoms with Crippen molar-refractivity contribution < 1.29 is 5.11 Å². The molecule has 1 aromatic carbocycles. The average molecular weight is 176 g/mol. The quantitative estimate of drug-likeness (QED) is 0.697. The highest BCUT2D eigenvalue weighted by Crippen LogP contribution is 2.32. The molecule has 70 valence electrons. The van der Waals surface area contributed by atoms with Crippen LogP contribution in [0.2, 0.25) is 0 Å². The van der Waals surface area contributed by atoms with Crippen LogP contribution in [0.1, 0.15) is 37.2 Å². The lowest BCUT2D eigenvalue weighted by Crippen LogP contribution is -2.22. The van der Waals surface area contributed by atoms with E-state index < -0.39 is 0 Å². The van der Waals surface area contributed by atoms with Crippen molar-refractivity contribution in [2.75, 3.05) is 0 Å². The van der Waals surface area contributed by atoms with E-state index in [0.717, 1.165) is 12.8 Å². The van der Waals surface area contributed by atoms with Crippen molar-refractivity contribution in [2.45, 2.75) is 37.7 Å². The van der Waals surface area contributed by atoms with Crippen LogP contribution >= 0.6 is 0 Å². The highest BCUT2D eigenvalue weighted by Gasteiger charge is 2.23. The van der Waals surface area contributed by atoms with E-state index in [4.69, 9.17) is 0 Å². The molecular weight excluding hydrogens is 160 g/mol. The van der Waals surface area contributed by atoms with Crippen molar-refractivity contribution in [2.24, 2.45) is 0 Å². The van der Waals surface area contributed by atoms with Gasteiger partial charge in [0.15, 0.2) is 0 Å². The van der Waals surface area contributed by atoms with Gasteiger partial charge in [0.05, 0.1) is 6.10 Å². The van der Waals surface area contributed by atoms with Crippen LogP contribution in [0.15, 0.2) is 30.3 Å². The fourth-order valence-corrected chi connectivity index (χ4v) is 2.20. The number of hydrogen-bond donors (Lipinski definition) is 1. The van der Waals surface area contributed by atoms with Crippen LogP contribution < -0.4 is 0 Å². The number of aliphatic hydroxyl groups excluding tert-OH is 1. The van der Waals surface area contributed by atoms with Crippen LogP contribution in [-0.4, -0.2) is 11.2 Å². The van der Waals surface area contributed by atoms with Gasteiger partial charge in [0, 0.05) is 5.92 Å². The first-order valence-electron chi connectivity index (χ1n) is 5.11. The molecule has 0 aromatic heterocycles. The number of rotatable bonds is 1. The monoisotopic (exact) mass is 176 g/mol. The zero-order valence-electron chi connectivity index (χ0n) is 7.82. The molecule has 0 amide bonds. The summed E-state index contributed by atoms with van der Waals surface area (Å²) in [6.45, 7) is 0. The van der Waals surface area contributed by atoms with E-state index in [1.54, 1.807) is 0 Å². The standard InChI is InChI=1S/C12H16O/c13-12-9-5-4-8-11(12)10-6-2-1-3-7-10/h1-3,6-7,11-13H,4-5,8-9H2/t11?,12-/m0/s1. The fourth-order valence-electron chi connectivity index (χ4n) is 2.20. The summed E-state index contributed by atoms with van der Waals surface area (Å²) in [5.74, 6) is 0.384. The van der Waals surface area contributed by atoms with Gasteiger partial charge >= 0.3 is 0 Å². The molecule has 1 aliphatic rings. The molecular formula is C12H16O. The van der Waals surface area contributed by atoms with Gasteiger partial charge in [0.25, 0.3) is 0 Å². The van der Waals surface area contributed by atoms with Gasteiger partial charge < -0.3 is 5.11 Å². The highest BCUT2D eigenvalue weighted by atomic mass is 16.3. The Morgan fingerprint density at radius 2 is 1.69 bits per heavy atom. The van der Waals surface area contributed by atoms with Gasteiger partial charge in [0.2, 0.25) is 0 Å². The lowest BCUT2D eigenvalue weighted by molar-refractivity contribution is 0.106. The van der Waals surface area contributed by atoms with Crippen LogP contribution in [0.25, 0.3) is 0 Å². The molecule has 0 radical (unpaired) electrons. The van der Waals surface area contributed by atoms with Gasteiger partial charge in [0.1, 0.15) is 0 Å². The number of benzene rings is 1. The van der Waals surface area contributed by atoms with Gasteiger partial charge in [-0.3, -0.25) is 0 Å². The largest absolute Gasteiger partial charge is 0.392 e. The Morgan fingerprint density at radius 3 is 2.38 bits per heavy atom. The molecule has 1 fully saturated rings. The number of aliphatic hydroxyl groups is 1. The van der Waals surface area contributed by atoms with Crippen molar-refractivity contribution in [3.63, 3.8) is 0 Å². The van der Waals surface area contributed by atoms with Crippen LogP contribution in [0.5, 0.6) is 0 Å². The van der Waals surface area contributed by atoms with Crippen molar-refractivity contribution in [1.29, 1.82) is 0 Å². The molecule has 1 nitrogen and oxygen atoms in total. The molecule has 0 saturated heterocycles. The van der Waals surface area contributed by atoms with Gasteiger partial charge in [-0.2, -0.15) is 0 Å². The van der Waals surface area contributed by atoms with Crippen molar-refractivity contribution in [3.05, 3.63) is 35.9 Å². The maximum atomic E-state index is 9.82. The summed E-state index contributed by atoms with van der Waals surface area (Å²) in [4.78, 5) is 0. The van der Waals surface area contributed by atoms with E-state index in [9.17, 15) is 5.11 Å². The molecule has 1 aliphatic carbocycles. The van der Waals surface area contributed by atoms with Gasteiger partial charge in [-0.25, -0.2) is 0 Å². The maximum absolute atomic E-state index is 9.82. The zero-order chi connectivity index (χ0) is 9.10. The Bertz CT molecular complexity index is 255. The summed E-state index contributed by atoms with van der Waals surface area (Å²) >= 11 is 0. The first-order valence-corrected chi connectivity index (χ1v) is 5.11. The summed E-state index contributed by atoms with van der Waals surface area (Å²) in [6.07, 6.45) is 4.45. The highest BCUT2D eigenvalue weighted by molar-refractivity contribution is 5.21. The summed E-state index contributed by atoms with van der Waals surface area (Å²) in [6, 6.07) is 10.4. The SMILES string of the molecule is O[C@H]1CCCCC1c1ccccc1. The third-order valence-corrected chi connectivity index (χ3v) is 2.96. The summed E-state index contributed by atoms with van der Waals surface area (Å²) in [5.41, 5.74) is 1.30. The summed E-state index contributed by atoms with van der Waals surface area (Å²) < 4.78 is 0. The Balaban J connectivity index is 2.15. The summed E-state index contributed by atoms with van der Waals surface area (Å²) in [7, 11) is 0. The predicted octanol–water partition coefficient (Wildman–Crippen LogP) is 2.71. The molecule has 1 unspecified atom stereocenters. The van der Waals surface area contributed by atoms with E-state index in [1.807, 2.05) is 6.07 Å². The Morgan fingerprint density at radius 1 is 1.00 bits per heavy atom. The predicted molar refractivity (Wildman–Crippen MR) is 53.7 cm³/mol. The molecule has 0 spiro atoms. The molecule has 0 heterocycles. The molecule has 13 heavy (non-hydrogen) atoms. The molecule has 0 bridgehead atoms.